The molecule has 0 spiro atoms. The number of fused-ring (bicyclic) bond motifs is 3. The van der Waals surface area contributed by atoms with E-state index in [2.05, 4.69) is 30.3 Å². The monoisotopic (exact) mass is 405 g/mol. The number of rotatable bonds is 2. The van der Waals surface area contributed by atoms with Gasteiger partial charge in [0.15, 0.2) is 0 Å². The Kier molecular flexibility index (Phi) is 3.92. The van der Waals surface area contributed by atoms with Crippen LogP contribution in [0.15, 0.2) is 77.8 Å². The summed E-state index contributed by atoms with van der Waals surface area (Å²) in [6.45, 7) is 0. The van der Waals surface area contributed by atoms with Gasteiger partial charge in [0.1, 0.15) is 6.10 Å². The van der Waals surface area contributed by atoms with Crippen LogP contribution in [-0.4, -0.2) is 18.1 Å². The molecule has 0 aliphatic heterocycles. The number of aryl methyl sites for hydroxylation is 2. The summed E-state index contributed by atoms with van der Waals surface area (Å²) in [7, 11) is 1.97. The third kappa shape index (κ3) is 2.69. The second kappa shape index (κ2) is 6.69. The molecule has 2 aliphatic rings. The third-order valence-corrected chi connectivity index (χ3v) is 6.68. The number of aliphatic hydroxyl groups excluding tert-OH is 1. The van der Waals surface area contributed by atoms with Crippen molar-refractivity contribution in [1.82, 2.24) is 0 Å². The molecule has 4 nitrogen and oxygen atoms in total. The molecule has 0 saturated carbocycles. The van der Waals surface area contributed by atoms with Gasteiger partial charge in [-0.3, -0.25) is 0 Å². The second-order valence-electron chi connectivity index (χ2n) is 8.37. The average molecular weight is 406 g/mol. The van der Waals surface area contributed by atoms with E-state index in [1.54, 1.807) is 0 Å². The summed E-state index contributed by atoms with van der Waals surface area (Å²) in [6.07, 6.45) is 1.46. The zero-order valence-corrected chi connectivity index (χ0v) is 17.3. The summed E-state index contributed by atoms with van der Waals surface area (Å²) < 4.78 is 0. The Morgan fingerprint density at radius 3 is 2.68 bits per heavy atom. The van der Waals surface area contributed by atoms with Gasteiger partial charge in [0, 0.05) is 12.7 Å². The van der Waals surface area contributed by atoms with E-state index in [1.807, 2.05) is 54.4 Å². The highest BCUT2D eigenvalue weighted by Gasteiger charge is 2.27. The molecule has 1 unspecified atom stereocenters. The molecule has 0 bridgehead atoms. The van der Waals surface area contributed by atoms with Crippen molar-refractivity contribution in [2.24, 2.45) is 10.7 Å². The van der Waals surface area contributed by atoms with Gasteiger partial charge in [0.2, 0.25) is 5.96 Å². The molecule has 0 heterocycles. The highest BCUT2D eigenvalue weighted by molar-refractivity contribution is 6.02. The molecule has 0 amide bonds. The summed E-state index contributed by atoms with van der Waals surface area (Å²) in [6, 6.07) is 24.7. The minimum atomic E-state index is -0.625. The van der Waals surface area contributed by atoms with Crippen molar-refractivity contribution in [2.45, 2.75) is 18.9 Å². The summed E-state index contributed by atoms with van der Waals surface area (Å²) >= 11 is 0. The van der Waals surface area contributed by atoms with Gasteiger partial charge in [-0.1, -0.05) is 54.6 Å². The van der Waals surface area contributed by atoms with Gasteiger partial charge in [0.05, 0.1) is 5.69 Å². The maximum Gasteiger partial charge on any atom is 0.200 e. The van der Waals surface area contributed by atoms with E-state index in [1.165, 1.54) is 21.9 Å². The SMILES string of the molecule is CN(C(N)=Nc1ccc2c(c1)C(O)c1ccccc1-2)c1ccc2cccc3c2c1CC3. The number of hydrogen-bond acceptors (Lipinski definition) is 2. The van der Waals surface area contributed by atoms with E-state index in [9.17, 15) is 5.11 Å². The second-order valence-corrected chi connectivity index (χ2v) is 8.37. The van der Waals surface area contributed by atoms with Crippen molar-refractivity contribution in [3.8, 4) is 11.1 Å². The largest absolute Gasteiger partial charge is 0.384 e. The lowest BCUT2D eigenvalue weighted by molar-refractivity contribution is 0.225. The van der Waals surface area contributed by atoms with Crippen LogP contribution in [0.2, 0.25) is 0 Å². The van der Waals surface area contributed by atoms with E-state index < -0.39 is 6.10 Å². The number of anilines is 1. The molecule has 6 rings (SSSR count). The number of hydrogen-bond donors (Lipinski definition) is 2. The predicted octanol–water partition coefficient (Wildman–Crippen LogP) is 5.08. The van der Waals surface area contributed by atoms with Crippen molar-refractivity contribution in [3.63, 3.8) is 0 Å². The first-order valence-corrected chi connectivity index (χ1v) is 10.6. The molecule has 1 atom stereocenters. The highest BCUT2D eigenvalue weighted by atomic mass is 16.3. The standard InChI is InChI=1S/C27H23N3O/c1-30(24-14-10-17-6-4-5-16-9-12-22(24)25(16)17)27(28)29-18-11-13-20-19-7-2-3-8-21(19)26(31)23(20)15-18/h2-8,10-11,13-15,26,31H,9,12H2,1H3,(H2,28,29). The van der Waals surface area contributed by atoms with Crippen LogP contribution in [0, 0.1) is 0 Å². The highest BCUT2D eigenvalue weighted by Crippen LogP contribution is 2.44. The lowest BCUT2D eigenvalue weighted by Crippen LogP contribution is -2.34. The van der Waals surface area contributed by atoms with Crippen LogP contribution in [0.25, 0.3) is 21.9 Å². The summed E-state index contributed by atoms with van der Waals surface area (Å²) in [5.74, 6) is 0.435. The molecule has 31 heavy (non-hydrogen) atoms. The van der Waals surface area contributed by atoms with Crippen molar-refractivity contribution in [3.05, 3.63) is 95.1 Å². The Hall–Kier alpha value is -3.63. The maximum atomic E-state index is 10.8. The minimum Gasteiger partial charge on any atom is -0.384 e. The number of nitrogens with zero attached hydrogens (tertiary/aromatic N) is 2. The quantitative estimate of drug-likeness (QED) is 0.361. The van der Waals surface area contributed by atoms with Crippen LogP contribution in [0.5, 0.6) is 0 Å². The molecule has 4 aromatic carbocycles. The van der Waals surface area contributed by atoms with Crippen molar-refractivity contribution < 1.29 is 5.11 Å². The van der Waals surface area contributed by atoms with Gasteiger partial charge in [-0.15, -0.1) is 0 Å². The Bertz CT molecular complexity index is 1390. The normalized spacial score (nSPS) is 16.5. The molecule has 0 saturated heterocycles. The van der Waals surface area contributed by atoms with E-state index in [0.29, 0.717) is 5.96 Å². The zero-order valence-electron chi connectivity index (χ0n) is 17.3. The van der Waals surface area contributed by atoms with E-state index in [0.717, 1.165) is 46.5 Å². The van der Waals surface area contributed by atoms with Crippen LogP contribution >= 0.6 is 0 Å². The predicted molar refractivity (Wildman–Crippen MR) is 127 cm³/mol. The fourth-order valence-electron chi connectivity index (χ4n) is 5.13. The minimum absolute atomic E-state index is 0.435. The molecule has 0 radical (unpaired) electrons. The van der Waals surface area contributed by atoms with Crippen LogP contribution in [0.4, 0.5) is 11.4 Å². The first-order chi connectivity index (χ1) is 15.1. The van der Waals surface area contributed by atoms with Crippen molar-refractivity contribution in [1.29, 1.82) is 0 Å². The van der Waals surface area contributed by atoms with Gasteiger partial charge in [0.25, 0.3) is 0 Å². The molecule has 4 heteroatoms. The van der Waals surface area contributed by atoms with Crippen molar-refractivity contribution in [2.75, 3.05) is 11.9 Å². The Morgan fingerprint density at radius 2 is 1.77 bits per heavy atom. The molecular formula is C27H23N3O. The number of aliphatic imine (C=N–C) groups is 1. The fourth-order valence-corrected chi connectivity index (χ4v) is 5.13. The zero-order chi connectivity index (χ0) is 21.1. The molecular weight excluding hydrogens is 382 g/mol. The average Bonchev–Trinajstić information content (AvgIpc) is 3.35. The van der Waals surface area contributed by atoms with Crippen LogP contribution < -0.4 is 10.6 Å². The third-order valence-electron chi connectivity index (χ3n) is 6.68. The molecule has 4 aromatic rings. The molecule has 2 aliphatic carbocycles. The van der Waals surface area contributed by atoms with E-state index in [4.69, 9.17) is 10.7 Å². The van der Waals surface area contributed by atoms with Gasteiger partial charge < -0.3 is 15.7 Å². The van der Waals surface area contributed by atoms with Crippen LogP contribution in [-0.2, 0) is 12.8 Å². The lowest BCUT2D eigenvalue weighted by Gasteiger charge is -2.21. The lowest BCUT2D eigenvalue weighted by atomic mass is 10.0. The number of benzene rings is 4. The van der Waals surface area contributed by atoms with E-state index in [-0.39, 0.29) is 0 Å². The maximum absolute atomic E-state index is 10.8. The topological polar surface area (TPSA) is 61.8 Å². The summed E-state index contributed by atoms with van der Waals surface area (Å²) in [5.41, 5.74) is 15.0. The Labute approximate surface area is 181 Å². The summed E-state index contributed by atoms with van der Waals surface area (Å²) in [4.78, 5) is 6.66. The van der Waals surface area contributed by atoms with Gasteiger partial charge in [-0.05, 0) is 75.2 Å². The Morgan fingerprint density at radius 1 is 0.935 bits per heavy atom. The number of aliphatic hydroxyl groups is 1. The van der Waals surface area contributed by atoms with E-state index >= 15 is 0 Å². The van der Waals surface area contributed by atoms with Crippen molar-refractivity contribution >= 4 is 28.1 Å². The Balaban J connectivity index is 1.37. The molecule has 0 aromatic heterocycles. The molecule has 152 valence electrons. The van der Waals surface area contributed by atoms with Crippen LogP contribution in [0.3, 0.4) is 0 Å². The summed E-state index contributed by atoms with van der Waals surface area (Å²) in [5, 5.41) is 13.4. The van der Waals surface area contributed by atoms with Gasteiger partial charge >= 0.3 is 0 Å². The first-order valence-electron chi connectivity index (χ1n) is 10.6. The van der Waals surface area contributed by atoms with Gasteiger partial charge in [-0.25, -0.2) is 4.99 Å². The smallest absolute Gasteiger partial charge is 0.200 e. The number of nitrogens with two attached hydrogens (primary N) is 1. The molecule has 3 N–H and O–H groups in total. The fraction of sp³-hybridized carbons (Fsp3) is 0.148. The van der Waals surface area contributed by atoms with Gasteiger partial charge in [-0.2, -0.15) is 0 Å². The van der Waals surface area contributed by atoms with Crippen LogP contribution in [0.1, 0.15) is 28.4 Å². The first kappa shape index (κ1) is 18.2. The molecule has 0 fully saturated rings. The number of guanidine groups is 1.